The molecule has 2 aromatic carbocycles. The van der Waals surface area contributed by atoms with Crippen molar-refractivity contribution >= 4 is 34.0 Å². The highest BCUT2D eigenvalue weighted by Gasteiger charge is 2.17. The lowest BCUT2D eigenvalue weighted by molar-refractivity contribution is 0.0322. The highest BCUT2D eigenvalue weighted by molar-refractivity contribution is 5.97. The van der Waals surface area contributed by atoms with Gasteiger partial charge in [0.05, 0.1) is 18.9 Å². The Kier molecular flexibility index (Phi) is 7.85. The first kappa shape index (κ1) is 26.2. The minimum atomic E-state index is -0.421. The minimum Gasteiger partial charge on any atom is -0.492 e. The van der Waals surface area contributed by atoms with Crippen LogP contribution in [0.1, 0.15) is 0 Å². The fourth-order valence-corrected chi connectivity index (χ4v) is 5.03. The number of ether oxygens (including phenoxy) is 2. The van der Waals surface area contributed by atoms with E-state index in [4.69, 9.17) is 20.2 Å². The Morgan fingerprint density at radius 3 is 2.60 bits per heavy atom. The lowest BCUT2D eigenvalue weighted by Crippen LogP contribution is -2.43. The van der Waals surface area contributed by atoms with Crippen LogP contribution >= 0.6 is 0 Å². The number of nitrogen functional groups attached to an aromatic ring is 1. The number of pyridine rings is 1. The van der Waals surface area contributed by atoms with Gasteiger partial charge in [-0.2, -0.15) is 4.98 Å². The molecule has 0 spiro atoms. The number of halogens is 1. The van der Waals surface area contributed by atoms with Gasteiger partial charge in [0, 0.05) is 74.3 Å². The van der Waals surface area contributed by atoms with Crippen molar-refractivity contribution in [3.8, 4) is 17.0 Å². The quantitative estimate of drug-likeness (QED) is 0.305. The topological polar surface area (TPSA) is 114 Å². The Bertz CT molecular complexity index is 1460. The fourth-order valence-electron chi connectivity index (χ4n) is 5.03. The van der Waals surface area contributed by atoms with Crippen LogP contribution in [0, 0.1) is 5.82 Å². The van der Waals surface area contributed by atoms with Gasteiger partial charge >= 0.3 is 0 Å². The Morgan fingerprint density at radius 1 is 1.00 bits per heavy atom. The number of nitrogens with zero attached hydrogens (tertiary/aromatic N) is 5. The number of benzene rings is 2. The number of hydrogen-bond acceptors (Lipinski definition) is 10. The van der Waals surface area contributed by atoms with Crippen LogP contribution in [0.4, 0.5) is 27.5 Å². The third kappa shape index (κ3) is 5.91. The fraction of sp³-hybridized carbons (Fsp3) is 0.345. The first-order chi connectivity index (χ1) is 19.6. The average molecular weight is 545 g/mol. The van der Waals surface area contributed by atoms with Gasteiger partial charge in [-0.05, 0) is 48.5 Å². The predicted octanol–water partition coefficient (Wildman–Crippen LogP) is 3.28. The third-order valence-electron chi connectivity index (χ3n) is 7.22. The summed E-state index contributed by atoms with van der Waals surface area (Å²) in [5.41, 5.74) is 9.43. The highest BCUT2D eigenvalue weighted by Crippen LogP contribution is 2.33. The van der Waals surface area contributed by atoms with Crippen molar-refractivity contribution in [1.29, 1.82) is 0 Å². The van der Waals surface area contributed by atoms with E-state index in [0.717, 1.165) is 64.7 Å². The summed E-state index contributed by atoms with van der Waals surface area (Å²) in [5, 5.41) is 7.21. The summed E-state index contributed by atoms with van der Waals surface area (Å²) in [6.07, 6.45) is 1.59. The number of piperazine rings is 1. The lowest BCUT2D eigenvalue weighted by atomic mass is 10.1. The van der Waals surface area contributed by atoms with Crippen molar-refractivity contribution in [2.75, 3.05) is 81.6 Å². The molecule has 208 valence electrons. The van der Waals surface area contributed by atoms with Gasteiger partial charge in [-0.3, -0.25) is 9.88 Å². The summed E-state index contributed by atoms with van der Waals surface area (Å²) >= 11 is 0. The van der Waals surface area contributed by atoms with Crippen molar-refractivity contribution in [1.82, 2.24) is 25.2 Å². The van der Waals surface area contributed by atoms with E-state index in [-0.39, 0.29) is 5.82 Å². The number of hydrogen-bond donors (Lipinski definition) is 3. The van der Waals surface area contributed by atoms with Crippen LogP contribution in [0.25, 0.3) is 22.2 Å². The molecule has 4 aromatic rings. The second kappa shape index (κ2) is 12.0. The van der Waals surface area contributed by atoms with E-state index in [1.54, 1.807) is 24.4 Å². The van der Waals surface area contributed by atoms with Crippen molar-refractivity contribution in [3.63, 3.8) is 0 Å². The maximum absolute atomic E-state index is 15.1. The van der Waals surface area contributed by atoms with Crippen LogP contribution in [0.15, 0.2) is 54.7 Å². The third-order valence-corrected chi connectivity index (χ3v) is 7.22. The monoisotopic (exact) mass is 544 g/mol. The molecule has 10 nitrogen and oxygen atoms in total. The lowest BCUT2D eigenvalue weighted by Gasteiger charge is -2.29. The summed E-state index contributed by atoms with van der Waals surface area (Å²) in [4.78, 5) is 18.3. The summed E-state index contributed by atoms with van der Waals surface area (Å²) in [5.74, 6) is 0.739. The number of nitrogens with one attached hydrogen (secondary N) is 2. The van der Waals surface area contributed by atoms with Gasteiger partial charge in [0.25, 0.3) is 0 Å². The van der Waals surface area contributed by atoms with Crippen molar-refractivity contribution in [2.45, 2.75) is 0 Å². The molecule has 4 heterocycles. The first-order valence-corrected chi connectivity index (χ1v) is 13.6. The molecular formula is C29H33FN8O2. The van der Waals surface area contributed by atoms with E-state index >= 15 is 4.39 Å². The van der Waals surface area contributed by atoms with Gasteiger partial charge < -0.3 is 30.7 Å². The molecule has 2 fully saturated rings. The number of rotatable bonds is 8. The summed E-state index contributed by atoms with van der Waals surface area (Å²) in [6.45, 7) is 8.41. The minimum absolute atomic E-state index is 0.284. The summed E-state index contributed by atoms with van der Waals surface area (Å²) in [6, 6.07) is 14.5. The second-order valence-corrected chi connectivity index (χ2v) is 9.84. The standard InChI is InChI=1S/C29H33FN8O2/c30-25-6-5-22(40-18-15-37-13-16-39-17-14-37)19-24(25)26-27-23(7-8-33-26)28(31)36-29(35-27)34-20-1-3-21(4-2-20)38-11-9-32-10-12-38/h1-8,19,32H,9-18H2,(H3,31,34,35,36). The van der Waals surface area contributed by atoms with E-state index in [9.17, 15) is 0 Å². The molecule has 0 unspecified atom stereocenters. The van der Waals surface area contributed by atoms with Crippen LogP contribution in [-0.2, 0) is 4.74 Å². The van der Waals surface area contributed by atoms with Gasteiger partial charge in [0.15, 0.2) is 0 Å². The molecule has 0 atom stereocenters. The zero-order valence-corrected chi connectivity index (χ0v) is 22.3. The first-order valence-electron chi connectivity index (χ1n) is 13.6. The molecule has 2 aliphatic heterocycles. The second-order valence-electron chi connectivity index (χ2n) is 9.84. The smallest absolute Gasteiger partial charge is 0.229 e. The Labute approximate surface area is 232 Å². The maximum Gasteiger partial charge on any atom is 0.229 e. The molecule has 6 rings (SSSR count). The van der Waals surface area contributed by atoms with Crippen LogP contribution in [0.2, 0.25) is 0 Å². The van der Waals surface area contributed by atoms with E-state index in [0.29, 0.717) is 40.5 Å². The number of anilines is 4. The van der Waals surface area contributed by atoms with Crippen LogP contribution in [-0.4, -0.2) is 85.5 Å². The van der Waals surface area contributed by atoms with E-state index in [1.165, 1.54) is 11.8 Å². The van der Waals surface area contributed by atoms with Gasteiger partial charge in [-0.15, -0.1) is 0 Å². The Morgan fingerprint density at radius 2 is 1.80 bits per heavy atom. The summed E-state index contributed by atoms with van der Waals surface area (Å²) in [7, 11) is 0. The number of aromatic nitrogens is 3. The van der Waals surface area contributed by atoms with Crippen LogP contribution < -0.4 is 26.0 Å². The molecule has 0 bridgehead atoms. The number of morpholine rings is 1. The zero-order valence-electron chi connectivity index (χ0n) is 22.3. The number of nitrogens with two attached hydrogens (primary N) is 1. The number of fused-ring (bicyclic) bond motifs is 1. The van der Waals surface area contributed by atoms with Gasteiger partial charge in [-0.1, -0.05) is 0 Å². The molecule has 0 aliphatic carbocycles. The molecular weight excluding hydrogens is 511 g/mol. The molecule has 0 radical (unpaired) electrons. The molecule has 2 aromatic heterocycles. The SMILES string of the molecule is Nc1nc(Nc2ccc(N3CCNCC3)cc2)nc2c(-c3cc(OCCN4CCOCC4)ccc3F)nccc12. The van der Waals surface area contributed by atoms with Gasteiger partial charge in [0.2, 0.25) is 5.95 Å². The van der Waals surface area contributed by atoms with Gasteiger partial charge in [0.1, 0.15) is 29.5 Å². The largest absolute Gasteiger partial charge is 0.492 e. The Balaban J connectivity index is 1.23. The Hall–Kier alpha value is -4.06. The molecule has 0 amide bonds. The molecule has 0 saturated carbocycles. The molecule has 2 aliphatic rings. The van der Waals surface area contributed by atoms with Gasteiger partial charge in [-0.25, -0.2) is 9.37 Å². The molecule has 2 saturated heterocycles. The molecule has 40 heavy (non-hydrogen) atoms. The van der Waals surface area contributed by atoms with E-state index in [1.807, 2.05) is 12.1 Å². The molecule has 4 N–H and O–H groups in total. The zero-order chi connectivity index (χ0) is 27.3. The maximum atomic E-state index is 15.1. The molecule has 11 heteroatoms. The average Bonchev–Trinajstić information content (AvgIpc) is 2.99. The normalized spacial score (nSPS) is 16.3. The van der Waals surface area contributed by atoms with Crippen LogP contribution in [0.3, 0.4) is 0 Å². The highest BCUT2D eigenvalue weighted by atomic mass is 19.1. The van der Waals surface area contributed by atoms with E-state index < -0.39 is 5.82 Å². The van der Waals surface area contributed by atoms with Crippen molar-refractivity contribution < 1.29 is 13.9 Å². The van der Waals surface area contributed by atoms with E-state index in [2.05, 4.69) is 42.5 Å². The van der Waals surface area contributed by atoms with Crippen molar-refractivity contribution in [2.24, 2.45) is 0 Å². The predicted molar refractivity (Wildman–Crippen MR) is 155 cm³/mol. The summed E-state index contributed by atoms with van der Waals surface area (Å²) < 4.78 is 26.5. The van der Waals surface area contributed by atoms with Crippen molar-refractivity contribution in [3.05, 3.63) is 60.5 Å². The van der Waals surface area contributed by atoms with Crippen LogP contribution in [0.5, 0.6) is 5.75 Å².